The maximum absolute atomic E-state index is 12.0. The van der Waals surface area contributed by atoms with Crippen molar-refractivity contribution in [2.75, 3.05) is 13.2 Å². The van der Waals surface area contributed by atoms with Gasteiger partial charge in [-0.3, -0.25) is 4.79 Å². The Labute approximate surface area is 159 Å². The zero-order chi connectivity index (χ0) is 19.4. The van der Waals surface area contributed by atoms with E-state index < -0.39 is 6.10 Å². The normalized spacial score (nSPS) is 12.3. The van der Waals surface area contributed by atoms with Gasteiger partial charge < -0.3 is 19.7 Å². The van der Waals surface area contributed by atoms with E-state index in [9.17, 15) is 9.90 Å². The highest BCUT2D eigenvalue weighted by Crippen LogP contribution is 2.21. The largest absolute Gasteiger partial charge is 0.484 e. The zero-order valence-electron chi connectivity index (χ0n) is 16.0. The molecule has 0 spiro atoms. The third-order valence-corrected chi connectivity index (χ3v) is 4.70. The molecular formula is C22H26N2O3. The second-order valence-electron chi connectivity index (χ2n) is 7.08. The third-order valence-electron chi connectivity index (χ3n) is 4.70. The summed E-state index contributed by atoms with van der Waals surface area (Å²) in [5.41, 5.74) is 3.11. The smallest absolute Gasteiger partial charge is 0.258 e. The van der Waals surface area contributed by atoms with Crippen molar-refractivity contribution in [2.45, 2.75) is 25.9 Å². The van der Waals surface area contributed by atoms with Gasteiger partial charge in [-0.1, -0.05) is 32.0 Å². The molecule has 0 aliphatic heterocycles. The van der Waals surface area contributed by atoms with Crippen LogP contribution in [0.1, 0.15) is 37.0 Å². The minimum atomic E-state index is -0.760. The van der Waals surface area contributed by atoms with E-state index in [0.717, 1.165) is 16.5 Å². The van der Waals surface area contributed by atoms with Gasteiger partial charge in [0.15, 0.2) is 6.61 Å². The molecule has 2 N–H and O–H groups in total. The lowest BCUT2D eigenvalue weighted by molar-refractivity contribution is -0.123. The first-order valence-electron chi connectivity index (χ1n) is 9.16. The highest BCUT2D eigenvalue weighted by atomic mass is 16.5. The average Bonchev–Trinajstić information content (AvgIpc) is 3.05. The van der Waals surface area contributed by atoms with Crippen molar-refractivity contribution in [1.82, 2.24) is 9.88 Å². The number of aromatic nitrogens is 1. The number of ether oxygens (including phenoxy) is 1. The molecule has 27 heavy (non-hydrogen) atoms. The molecule has 0 aliphatic carbocycles. The summed E-state index contributed by atoms with van der Waals surface area (Å²) in [5, 5.41) is 14.1. The van der Waals surface area contributed by atoms with Crippen LogP contribution < -0.4 is 10.1 Å². The molecule has 5 heteroatoms. The van der Waals surface area contributed by atoms with Gasteiger partial charge in [-0.25, -0.2) is 0 Å². The van der Waals surface area contributed by atoms with E-state index in [1.54, 1.807) is 0 Å². The highest BCUT2D eigenvalue weighted by molar-refractivity contribution is 5.81. The molecule has 0 fully saturated rings. The van der Waals surface area contributed by atoms with Crippen LogP contribution in [0.3, 0.4) is 0 Å². The van der Waals surface area contributed by atoms with E-state index in [1.807, 2.05) is 66.3 Å². The molecule has 3 aromatic rings. The average molecular weight is 366 g/mol. The number of fused-ring (bicyclic) bond motifs is 1. The number of carbonyl (C=O) groups is 1. The number of carbonyl (C=O) groups excluding carboxylic acids is 1. The van der Waals surface area contributed by atoms with E-state index in [1.165, 1.54) is 5.56 Å². The Morgan fingerprint density at radius 3 is 2.52 bits per heavy atom. The molecule has 1 heterocycles. The van der Waals surface area contributed by atoms with Crippen molar-refractivity contribution in [1.29, 1.82) is 0 Å². The number of amides is 1. The molecule has 1 aromatic heterocycles. The van der Waals surface area contributed by atoms with E-state index in [0.29, 0.717) is 11.7 Å². The van der Waals surface area contributed by atoms with Crippen LogP contribution >= 0.6 is 0 Å². The van der Waals surface area contributed by atoms with E-state index >= 15 is 0 Å². The molecule has 142 valence electrons. The summed E-state index contributed by atoms with van der Waals surface area (Å²) >= 11 is 0. The predicted molar refractivity (Wildman–Crippen MR) is 107 cm³/mol. The van der Waals surface area contributed by atoms with Gasteiger partial charge in [-0.05, 0) is 52.8 Å². The second-order valence-corrected chi connectivity index (χ2v) is 7.08. The summed E-state index contributed by atoms with van der Waals surface area (Å²) in [7, 11) is 1.98. The van der Waals surface area contributed by atoms with Crippen LogP contribution in [-0.4, -0.2) is 28.7 Å². The SMILES string of the molecule is CC(C)c1ccc(OCC(=O)NCC(O)c2ccc3c(ccn3C)c2)cc1. The topological polar surface area (TPSA) is 63.5 Å². The second kappa shape index (κ2) is 8.27. The van der Waals surface area contributed by atoms with E-state index in [4.69, 9.17) is 4.74 Å². The van der Waals surface area contributed by atoms with E-state index in [-0.39, 0.29) is 19.1 Å². The lowest BCUT2D eigenvalue weighted by Crippen LogP contribution is -2.32. The molecule has 0 aliphatic rings. The fourth-order valence-electron chi connectivity index (χ4n) is 2.98. The molecule has 1 amide bonds. The van der Waals surface area contributed by atoms with Crippen molar-refractivity contribution in [3.63, 3.8) is 0 Å². The standard InChI is InChI=1S/C22H26N2O3/c1-15(2)16-4-7-19(8-5-16)27-14-22(26)23-13-21(25)18-6-9-20-17(12-18)10-11-24(20)3/h4-12,15,21,25H,13-14H2,1-3H3,(H,23,26). The Morgan fingerprint density at radius 2 is 1.81 bits per heavy atom. The lowest BCUT2D eigenvalue weighted by Gasteiger charge is -2.13. The Morgan fingerprint density at radius 1 is 1.11 bits per heavy atom. The van der Waals surface area contributed by atoms with Gasteiger partial charge in [-0.2, -0.15) is 0 Å². The number of aryl methyl sites for hydroxylation is 1. The number of aliphatic hydroxyl groups is 1. The number of rotatable bonds is 7. The maximum atomic E-state index is 12.0. The summed E-state index contributed by atoms with van der Waals surface area (Å²) in [6.45, 7) is 4.33. The van der Waals surface area contributed by atoms with Crippen molar-refractivity contribution in [2.24, 2.45) is 7.05 Å². The first kappa shape index (κ1) is 19.0. The number of benzene rings is 2. The minimum absolute atomic E-state index is 0.0779. The fourth-order valence-corrected chi connectivity index (χ4v) is 2.98. The number of hydrogen-bond acceptors (Lipinski definition) is 3. The molecule has 0 radical (unpaired) electrons. The fraction of sp³-hybridized carbons (Fsp3) is 0.318. The van der Waals surface area contributed by atoms with Crippen LogP contribution in [0, 0.1) is 0 Å². The van der Waals surface area contributed by atoms with Crippen LogP contribution in [0.2, 0.25) is 0 Å². The van der Waals surface area contributed by atoms with Crippen molar-refractivity contribution >= 4 is 16.8 Å². The monoisotopic (exact) mass is 366 g/mol. The van der Waals surface area contributed by atoms with Gasteiger partial charge in [-0.15, -0.1) is 0 Å². The highest BCUT2D eigenvalue weighted by Gasteiger charge is 2.11. The van der Waals surface area contributed by atoms with Gasteiger partial charge in [0, 0.05) is 25.3 Å². The van der Waals surface area contributed by atoms with Crippen molar-refractivity contribution in [3.8, 4) is 5.75 Å². The van der Waals surface area contributed by atoms with Crippen LogP contribution in [0.4, 0.5) is 0 Å². The molecule has 0 bridgehead atoms. The third kappa shape index (κ3) is 4.68. The minimum Gasteiger partial charge on any atom is -0.484 e. The summed E-state index contributed by atoms with van der Waals surface area (Å²) in [6, 6.07) is 15.5. The van der Waals surface area contributed by atoms with Crippen molar-refractivity contribution in [3.05, 3.63) is 65.9 Å². The molecule has 1 atom stereocenters. The number of nitrogens with zero attached hydrogens (tertiary/aromatic N) is 1. The Balaban J connectivity index is 1.49. The van der Waals surface area contributed by atoms with Gasteiger partial charge in [0.1, 0.15) is 5.75 Å². The first-order valence-corrected chi connectivity index (χ1v) is 9.16. The number of hydrogen-bond donors (Lipinski definition) is 2. The van der Waals surface area contributed by atoms with Crippen LogP contribution in [-0.2, 0) is 11.8 Å². The number of aliphatic hydroxyl groups excluding tert-OH is 1. The van der Waals surface area contributed by atoms with Gasteiger partial charge >= 0.3 is 0 Å². The lowest BCUT2D eigenvalue weighted by atomic mass is 10.0. The zero-order valence-corrected chi connectivity index (χ0v) is 16.0. The van der Waals surface area contributed by atoms with Gasteiger partial charge in [0.2, 0.25) is 0 Å². The quantitative estimate of drug-likeness (QED) is 0.672. The molecular weight excluding hydrogens is 340 g/mol. The predicted octanol–water partition coefficient (Wildman–Crippen LogP) is 3.53. The molecule has 5 nitrogen and oxygen atoms in total. The van der Waals surface area contributed by atoms with Crippen LogP contribution in [0.25, 0.3) is 10.9 Å². The molecule has 1 unspecified atom stereocenters. The maximum Gasteiger partial charge on any atom is 0.258 e. The molecule has 3 rings (SSSR count). The number of nitrogens with one attached hydrogen (secondary N) is 1. The summed E-state index contributed by atoms with van der Waals surface area (Å²) in [6.07, 6.45) is 1.22. The Kier molecular flexibility index (Phi) is 5.81. The summed E-state index contributed by atoms with van der Waals surface area (Å²) in [5.74, 6) is 0.853. The van der Waals surface area contributed by atoms with Crippen LogP contribution in [0.5, 0.6) is 5.75 Å². The summed E-state index contributed by atoms with van der Waals surface area (Å²) < 4.78 is 7.53. The Hall–Kier alpha value is -2.79. The first-order chi connectivity index (χ1) is 12.9. The Bertz CT molecular complexity index is 913. The van der Waals surface area contributed by atoms with Gasteiger partial charge in [0.25, 0.3) is 5.91 Å². The summed E-state index contributed by atoms with van der Waals surface area (Å²) in [4.78, 5) is 12.0. The molecule has 0 saturated heterocycles. The van der Waals surface area contributed by atoms with Crippen LogP contribution in [0.15, 0.2) is 54.7 Å². The van der Waals surface area contributed by atoms with Gasteiger partial charge in [0.05, 0.1) is 6.10 Å². The molecule has 0 saturated carbocycles. The molecule has 2 aromatic carbocycles. The van der Waals surface area contributed by atoms with Crippen molar-refractivity contribution < 1.29 is 14.6 Å². The van der Waals surface area contributed by atoms with E-state index in [2.05, 4.69) is 19.2 Å².